The number of rotatable bonds is 4. The van der Waals surface area contributed by atoms with E-state index in [0.717, 1.165) is 0 Å². The van der Waals surface area contributed by atoms with Crippen molar-refractivity contribution in [3.63, 3.8) is 0 Å². The van der Waals surface area contributed by atoms with Gasteiger partial charge in [-0.15, -0.1) is 0 Å². The predicted molar refractivity (Wildman–Crippen MR) is 89.5 cm³/mol. The van der Waals surface area contributed by atoms with Crippen molar-refractivity contribution in [1.29, 1.82) is 0 Å². The van der Waals surface area contributed by atoms with Crippen LogP contribution in [-0.4, -0.2) is 85.3 Å². The van der Waals surface area contributed by atoms with Crippen molar-refractivity contribution in [2.24, 2.45) is 0 Å². The highest BCUT2D eigenvalue weighted by atomic mass is 16.6. The lowest BCUT2D eigenvalue weighted by Crippen LogP contribution is -2.54. The molecule has 1 fully saturated rings. The second-order valence-electron chi connectivity index (χ2n) is 6.07. The van der Waals surface area contributed by atoms with E-state index in [4.69, 9.17) is 14.6 Å². The van der Waals surface area contributed by atoms with Crippen molar-refractivity contribution in [3.8, 4) is 11.5 Å². The standard InChI is InChI=1S/C17H23N3O5/c21-10-9-19-5-7-20(8-6-19)17(23)16(22)18-11-13-12-24-14-3-1-2-4-15(14)25-13/h1-4,13,21H,5-12H2,(H,18,22). The monoisotopic (exact) mass is 349 g/mol. The molecule has 8 nitrogen and oxygen atoms in total. The molecule has 0 bridgehead atoms. The van der Waals surface area contributed by atoms with Crippen LogP contribution in [0.3, 0.4) is 0 Å². The van der Waals surface area contributed by atoms with Crippen molar-refractivity contribution < 1.29 is 24.2 Å². The Morgan fingerprint density at radius 1 is 1.16 bits per heavy atom. The summed E-state index contributed by atoms with van der Waals surface area (Å²) in [6.45, 7) is 3.53. The highest BCUT2D eigenvalue weighted by Crippen LogP contribution is 2.30. The lowest BCUT2D eigenvalue weighted by Gasteiger charge is -2.34. The zero-order chi connectivity index (χ0) is 17.6. The average Bonchev–Trinajstić information content (AvgIpc) is 2.66. The van der Waals surface area contributed by atoms with Gasteiger partial charge in [0.05, 0.1) is 13.2 Å². The third-order valence-corrected chi connectivity index (χ3v) is 4.33. The van der Waals surface area contributed by atoms with E-state index in [1.54, 1.807) is 6.07 Å². The zero-order valence-corrected chi connectivity index (χ0v) is 14.0. The molecule has 0 radical (unpaired) electrons. The van der Waals surface area contributed by atoms with E-state index in [1.165, 1.54) is 4.90 Å². The van der Waals surface area contributed by atoms with Gasteiger partial charge < -0.3 is 24.8 Å². The van der Waals surface area contributed by atoms with E-state index in [0.29, 0.717) is 50.8 Å². The third-order valence-electron chi connectivity index (χ3n) is 4.33. The van der Waals surface area contributed by atoms with Crippen LogP contribution in [-0.2, 0) is 9.59 Å². The van der Waals surface area contributed by atoms with Crippen LogP contribution in [0.15, 0.2) is 24.3 Å². The zero-order valence-electron chi connectivity index (χ0n) is 14.0. The molecule has 1 saturated heterocycles. The van der Waals surface area contributed by atoms with Crippen LogP contribution in [0, 0.1) is 0 Å². The van der Waals surface area contributed by atoms with Gasteiger partial charge in [-0.3, -0.25) is 14.5 Å². The number of para-hydroxylation sites is 2. The maximum absolute atomic E-state index is 12.2. The number of amides is 2. The van der Waals surface area contributed by atoms with Gasteiger partial charge in [-0.2, -0.15) is 0 Å². The summed E-state index contributed by atoms with van der Waals surface area (Å²) in [6.07, 6.45) is -0.326. The van der Waals surface area contributed by atoms with Gasteiger partial charge >= 0.3 is 11.8 Å². The number of carbonyl (C=O) groups is 2. The Morgan fingerprint density at radius 2 is 1.88 bits per heavy atom. The summed E-state index contributed by atoms with van der Waals surface area (Å²) in [5.41, 5.74) is 0. The summed E-state index contributed by atoms with van der Waals surface area (Å²) in [5.74, 6) is 0.167. The number of nitrogens with zero attached hydrogens (tertiary/aromatic N) is 2. The molecule has 2 heterocycles. The van der Waals surface area contributed by atoms with Gasteiger partial charge in [-0.1, -0.05) is 12.1 Å². The molecule has 0 aliphatic carbocycles. The molecule has 0 saturated carbocycles. The van der Waals surface area contributed by atoms with Crippen molar-refractivity contribution >= 4 is 11.8 Å². The van der Waals surface area contributed by atoms with Gasteiger partial charge in [0.25, 0.3) is 0 Å². The molecule has 2 amide bonds. The number of fused-ring (bicyclic) bond motifs is 1. The first-order valence-electron chi connectivity index (χ1n) is 8.46. The van der Waals surface area contributed by atoms with E-state index in [2.05, 4.69) is 10.2 Å². The average molecular weight is 349 g/mol. The van der Waals surface area contributed by atoms with Crippen LogP contribution in [0.5, 0.6) is 11.5 Å². The Morgan fingerprint density at radius 3 is 2.60 bits per heavy atom. The Balaban J connectivity index is 1.43. The summed E-state index contributed by atoms with van der Waals surface area (Å²) in [5, 5.41) is 11.6. The minimum atomic E-state index is -0.627. The first kappa shape index (κ1) is 17.5. The number of ether oxygens (including phenoxy) is 2. The molecule has 136 valence electrons. The molecule has 0 spiro atoms. The summed E-state index contributed by atoms with van der Waals surface area (Å²) < 4.78 is 11.3. The van der Waals surface area contributed by atoms with Gasteiger partial charge in [0.2, 0.25) is 0 Å². The van der Waals surface area contributed by atoms with Crippen LogP contribution in [0.2, 0.25) is 0 Å². The highest BCUT2D eigenvalue weighted by Gasteiger charge is 2.27. The van der Waals surface area contributed by atoms with Crippen LogP contribution in [0.25, 0.3) is 0 Å². The summed E-state index contributed by atoms with van der Waals surface area (Å²) in [4.78, 5) is 27.9. The highest BCUT2D eigenvalue weighted by molar-refractivity contribution is 6.35. The third kappa shape index (κ3) is 4.40. The van der Waals surface area contributed by atoms with Crippen LogP contribution < -0.4 is 14.8 Å². The molecular weight excluding hydrogens is 326 g/mol. The molecule has 1 aromatic rings. The smallest absolute Gasteiger partial charge is 0.311 e. The molecule has 2 aliphatic heterocycles. The Hall–Kier alpha value is -2.32. The first-order chi connectivity index (χ1) is 12.2. The summed E-state index contributed by atoms with van der Waals surface area (Å²) >= 11 is 0. The topological polar surface area (TPSA) is 91.3 Å². The normalized spacial score (nSPS) is 20.2. The number of piperazine rings is 1. The second kappa shape index (κ2) is 8.17. The molecule has 2 N–H and O–H groups in total. The Bertz CT molecular complexity index is 616. The number of nitrogens with one attached hydrogen (secondary N) is 1. The lowest BCUT2D eigenvalue weighted by atomic mass is 10.2. The number of aliphatic hydroxyl groups excluding tert-OH is 1. The first-order valence-corrected chi connectivity index (χ1v) is 8.46. The minimum absolute atomic E-state index is 0.0982. The second-order valence-corrected chi connectivity index (χ2v) is 6.07. The SMILES string of the molecule is O=C(NCC1COc2ccccc2O1)C(=O)N1CCN(CCO)CC1. The molecule has 1 unspecified atom stereocenters. The quantitative estimate of drug-likeness (QED) is 0.683. The predicted octanol–water partition coefficient (Wildman–Crippen LogP) is -0.921. The maximum atomic E-state index is 12.2. The number of β-amino-alcohol motifs (C(OH)–C–C–N with tert-alkyl or cyclic N) is 1. The van der Waals surface area contributed by atoms with Gasteiger partial charge in [-0.25, -0.2) is 0 Å². The molecule has 0 aromatic heterocycles. The number of aliphatic hydroxyl groups is 1. The number of hydrogen-bond donors (Lipinski definition) is 2. The van der Waals surface area contributed by atoms with Crippen molar-refractivity contribution in [2.45, 2.75) is 6.10 Å². The fourth-order valence-corrected chi connectivity index (χ4v) is 2.91. The van der Waals surface area contributed by atoms with Gasteiger partial charge in [-0.05, 0) is 12.1 Å². The van der Waals surface area contributed by atoms with E-state index >= 15 is 0 Å². The molecule has 1 aromatic carbocycles. The Labute approximate surface area is 146 Å². The minimum Gasteiger partial charge on any atom is -0.486 e. The van der Waals surface area contributed by atoms with Crippen LogP contribution >= 0.6 is 0 Å². The fraction of sp³-hybridized carbons (Fsp3) is 0.529. The molecular formula is C17H23N3O5. The molecule has 25 heavy (non-hydrogen) atoms. The van der Waals surface area contributed by atoms with Crippen LogP contribution in [0.1, 0.15) is 0 Å². The summed E-state index contributed by atoms with van der Waals surface area (Å²) in [7, 11) is 0. The van der Waals surface area contributed by atoms with Crippen molar-refractivity contribution in [1.82, 2.24) is 15.1 Å². The molecule has 2 aliphatic rings. The van der Waals surface area contributed by atoms with E-state index < -0.39 is 11.8 Å². The lowest BCUT2D eigenvalue weighted by molar-refractivity contribution is -0.147. The fourth-order valence-electron chi connectivity index (χ4n) is 2.91. The number of benzene rings is 1. The van der Waals surface area contributed by atoms with E-state index in [9.17, 15) is 9.59 Å². The maximum Gasteiger partial charge on any atom is 0.311 e. The number of carbonyl (C=O) groups excluding carboxylic acids is 2. The number of hydrogen-bond acceptors (Lipinski definition) is 6. The largest absolute Gasteiger partial charge is 0.486 e. The Kier molecular flexibility index (Phi) is 5.72. The van der Waals surface area contributed by atoms with E-state index in [-0.39, 0.29) is 19.3 Å². The van der Waals surface area contributed by atoms with Gasteiger partial charge in [0.15, 0.2) is 11.5 Å². The van der Waals surface area contributed by atoms with Gasteiger partial charge in [0, 0.05) is 32.7 Å². The van der Waals surface area contributed by atoms with Crippen LogP contribution in [0.4, 0.5) is 0 Å². The molecule has 1 atom stereocenters. The van der Waals surface area contributed by atoms with Gasteiger partial charge in [0.1, 0.15) is 12.7 Å². The summed E-state index contributed by atoms with van der Waals surface area (Å²) in [6, 6.07) is 7.34. The van der Waals surface area contributed by atoms with E-state index in [1.807, 2.05) is 18.2 Å². The molecule has 3 rings (SSSR count). The van der Waals surface area contributed by atoms with Crippen molar-refractivity contribution in [3.05, 3.63) is 24.3 Å². The molecule has 8 heteroatoms. The van der Waals surface area contributed by atoms with Crippen molar-refractivity contribution in [2.75, 3.05) is 52.5 Å².